The number of hydrogen-bond donors (Lipinski definition) is 0. The molecule has 1 spiro atoms. The van der Waals surface area contributed by atoms with E-state index in [1.165, 1.54) is 99.1 Å². The van der Waals surface area contributed by atoms with Crippen molar-refractivity contribution in [2.24, 2.45) is 0 Å². The van der Waals surface area contributed by atoms with Crippen molar-refractivity contribution >= 4 is 32.3 Å². The summed E-state index contributed by atoms with van der Waals surface area (Å²) >= 11 is 0. The van der Waals surface area contributed by atoms with Gasteiger partial charge in [-0.1, -0.05) is 158 Å². The van der Waals surface area contributed by atoms with Crippen LogP contribution in [0.15, 0.2) is 182 Å². The van der Waals surface area contributed by atoms with Crippen LogP contribution in [0.5, 0.6) is 0 Å². The normalized spacial score (nSPS) is 13.5. The molecule has 0 N–H and O–H groups in total. The second-order valence-corrected chi connectivity index (χ2v) is 13.6. The zero-order valence-electron chi connectivity index (χ0n) is 26.8. The maximum absolute atomic E-state index is 2.39. The molecule has 0 heterocycles. The van der Waals surface area contributed by atoms with Crippen LogP contribution in [-0.2, 0) is 5.41 Å². The van der Waals surface area contributed by atoms with Gasteiger partial charge in [-0.15, -0.1) is 0 Å². The van der Waals surface area contributed by atoms with E-state index in [2.05, 4.69) is 182 Å². The molecule has 0 radical (unpaired) electrons. The van der Waals surface area contributed by atoms with E-state index >= 15 is 0 Å². The molecule has 2 aliphatic rings. The molecular weight excluding hydrogens is 589 g/mol. The molecule has 0 saturated carbocycles. The molecule has 2 aliphatic carbocycles. The summed E-state index contributed by atoms with van der Waals surface area (Å²) in [5, 5.41) is 7.65. The van der Waals surface area contributed by atoms with Crippen LogP contribution in [-0.4, -0.2) is 0 Å². The molecule has 0 amide bonds. The standard InChI is InChI=1S/C49H30/c1-2-10-32-27-33(18-17-31(32)9-1)34-19-20-36-29-37(22-21-35(36)28-34)38-23-25-40-39(30-38)24-26-44-43-13-5-8-16-47(43)49(48(40)44)45-14-6-3-11-41(45)42-12-4-7-15-46(42)49/h1-30H. The summed E-state index contributed by atoms with van der Waals surface area (Å²) in [6.07, 6.45) is 0. The molecule has 9 aromatic rings. The topological polar surface area (TPSA) is 0 Å². The Balaban J connectivity index is 1.06. The monoisotopic (exact) mass is 618 g/mol. The number of hydrogen-bond acceptors (Lipinski definition) is 0. The van der Waals surface area contributed by atoms with Crippen molar-refractivity contribution in [2.75, 3.05) is 0 Å². The smallest absolute Gasteiger partial charge is 0.0619 e. The first-order valence-corrected chi connectivity index (χ1v) is 17.2. The average Bonchev–Trinajstić information content (AvgIpc) is 3.65. The summed E-state index contributed by atoms with van der Waals surface area (Å²) in [4.78, 5) is 0. The summed E-state index contributed by atoms with van der Waals surface area (Å²) in [6, 6.07) is 68.0. The van der Waals surface area contributed by atoms with Gasteiger partial charge < -0.3 is 0 Å². The quantitative estimate of drug-likeness (QED) is 0.181. The van der Waals surface area contributed by atoms with Gasteiger partial charge in [0.2, 0.25) is 0 Å². The molecule has 0 atom stereocenters. The van der Waals surface area contributed by atoms with Crippen molar-refractivity contribution in [2.45, 2.75) is 5.41 Å². The Kier molecular flexibility index (Phi) is 5.41. The lowest BCUT2D eigenvalue weighted by Crippen LogP contribution is -2.26. The predicted octanol–water partition coefficient (Wildman–Crippen LogP) is 12.8. The molecule has 0 bridgehead atoms. The average molecular weight is 619 g/mol. The first-order chi connectivity index (χ1) is 24.3. The molecule has 0 unspecified atom stereocenters. The highest BCUT2D eigenvalue weighted by Gasteiger charge is 2.52. The van der Waals surface area contributed by atoms with Crippen LogP contribution in [0.1, 0.15) is 22.3 Å². The van der Waals surface area contributed by atoms with Crippen LogP contribution in [0.25, 0.3) is 76.8 Å². The van der Waals surface area contributed by atoms with Gasteiger partial charge in [-0.2, -0.15) is 0 Å². The Morgan fingerprint density at radius 1 is 0.265 bits per heavy atom. The van der Waals surface area contributed by atoms with Crippen molar-refractivity contribution in [1.82, 2.24) is 0 Å². The van der Waals surface area contributed by atoms with Crippen molar-refractivity contribution in [3.8, 4) is 44.5 Å². The largest absolute Gasteiger partial charge is 0.0731 e. The Morgan fingerprint density at radius 3 is 1.22 bits per heavy atom. The lowest BCUT2D eigenvalue weighted by Gasteiger charge is -2.31. The van der Waals surface area contributed by atoms with Crippen LogP contribution in [0.2, 0.25) is 0 Å². The molecule has 226 valence electrons. The molecule has 9 aromatic carbocycles. The van der Waals surface area contributed by atoms with Gasteiger partial charge in [-0.05, 0) is 123 Å². The Morgan fingerprint density at radius 2 is 0.653 bits per heavy atom. The number of rotatable bonds is 2. The highest BCUT2D eigenvalue weighted by molar-refractivity contribution is 6.05. The first kappa shape index (κ1) is 26.8. The van der Waals surface area contributed by atoms with Gasteiger partial charge >= 0.3 is 0 Å². The first-order valence-electron chi connectivity index (χ1n) is 17.2. The molecule has 0 nitrogen and oxygen atoms in total. The van der Waals surface area contributed by atoms with E-state index in [1.54, 1.807) is 0 Å². The van der Waals surface area contributed by atoms with Gasteiger partial charge in [-0.3, -0.25) is 0 Å². The second-order valence-electron chi connectivity index (χ2n) is 13.6. The third-order valence-corrected chi connectivity index (χ3v) is 11.2. The summed E-state index contributed by atoms with van der Waals surface area (Å²) in [6.45, 7) is 0. The fourth-order valence-corrected chi connectivity index (χ4v) is 9.09. The molecular formula is C49H30. The van der Waals surface area contributed by atoms with E-state index < -0.39 is 0 Å². The SMILES string of the molecule is c1ccc2c(c1)-c1ccccc1C21c2ccccc2-c2ccc3cc(-c4ccc5cc(-c6ccc7ccccc7c6)ccc5c4)ccc3c21. The van der Waals surface area contributed by atoms with Gasteiger partial charge in [0.25, 0.3) is 0 Å². The van der Waals surface area contributed by atoms with E-state index in [0.717, 1.165) is 0 Å². The zero-order valence-corrected chi connectivity index (χ0v) is 26.8. The number of fused-ring (bicyclic) bond motifs is 14. The molecule has 0 aliphatic heterocycles. The van der Waals surface area contributed by atoms with Crippen LogP contribution in [0.4, 0.5) is 0 Å². The van der Waals surface area contributed by atoms with Crippen molar-refractivity contribution < 1.29 is 0 Å². The summed E-state index contributed by atoms with van der Waals surface area (Å²) < 4.78 is 0. The van der Waals surface area contributed by atoms with E-state index in [-0.39, 0.29) is 5.41 Å². The van der Waals surface area contributed by atoms with Crippen LogP contribution < -0.4 is 0 Å². The van der Waals surface area contributed by atoms with E-state index in [1.807, 2.05) is 0 Å². The van der Waals surface area contributed by atoms with Crippen LogP contribution in [0.3, 0.4) is 0 Å². The molecule has 0 aromatic heterocycles. The summed E-state index contributed by atoms with van der Waals surface area (Å²) in [5.74, 6) is 0. The summed E-state index contributed by atoms with van der Waals surface area (Å²) in [5.41, 5.74) is 15.6. The number of benzene rings is 9. The minimum absolute atomic E-state index is 0.341. The Labute approximate surface area is 285 Å². The molecule has 0 heteroatoms. The van der Waals surface area contributed by atoms with E-state index in [9.17, 15) is 0 Å². The predicted molar refractivity (Wildman–Crippen MR) is 206 cm³/mol. The van der Waals surface area contributed by atoms with E-state index in [0.29, 0.717) is 0 Å². The third-order valence-electron chi connectivity index (χ3n) is 11.2. The van der Waals surface area contributed by atoms with Gasteiger partial charge in [0, 0.05) is 0 Å². The van der Waals surface area contributed by atoms with Gasteiger partial charge in [0.1, 0.15) is 0 Å². The Bertz CT molecular complexity index is 2770. The fraction of sp³-hybridized carbons (Fsp3) is 0.0204. The minimum atomic E-state index is -0.341. The third kappa shape index (κ3) is 3.64. The zero-order chi connectivity index (χ0) is 32.1. The van der Waals surface area contributed by atoms with Crippen LogP contribution in [0, 0.1) is 0 Å². The maximum atomic E-state index is 2.39. The Hall–Kier alpha value is -6.24. The van der Waals surface area contributed by atoms with Crippen LogP contribution >= 0.6 is 0 Å². The fourth-order valence-electron chi connectivity index (χ4n) is 9.09. The highest BCUT2D eigenvalue weighted by Crippen LogP contribution is 2.64. The molecule has 11 rings (SSSR count). The minimum Gasteiger partial charge on any atom is -0.0619 e. The van der Waals surface area contributed by atoms with Crippen molar-refractivity contribution in [3.63, 3.8) is 0 Å². The molecule has 0 fully saturated rings. The van der Waals surface area contributed by atoms with Gasteiger partial charge in [0.15, 0.2) is 0 Å². The molecule has 0 saturated heterocycles. The summed E-state index contributed by atoms with van der Waals surface area (Å²) in [7, 11) is 0. The highest BCUT2D eigenvalue weighted by atomic mass is 14.5. The maximum Gasteiger partial charge on any atom is 0.0731 e. The van der Waals surface area contributed by atoms with Gasteiger partial charge in [-0.25, -0.2) is 0 Å². The van der Waals surface area contributed by atoms with Crippen molar-refractivity contribution in [3.05, 3.63) is 204 Å². The molecule has 49 heavy (non-hydrogen) atoms. The lowest BCUT2D eigenvalue weighted by atomic mass is 9.69. The van der Waals surface area contributed by atoms with Crippen molar-refractivity contribution in [1.29, 1.82) is 0 Å². The lowest BCUT2D eigenvalue weighted by molar-refractivity contribution is 0.801. The second kappa shape index (κ2) is 9.89. The van der Waals surface area contributed by atoms with Gasteiger partial charge in [0.05, 0.1) is 5.41 Å². The van der Waals surface area contributed by atoms with E-state index in [4.69, 9.17) is 0 Å².